The fraction of sp³-hybridized carbons (Fsp3) is 0.400. The molecule has 4 aromatic rings. The monoisotopic (exact) mass is 952 g/mol. The van der Waals surface area contributed by atoms with E-state index in [1.807, 2.05) is 121 Å². The van der Waals surface area contributed by atoms with Crippen LogP contribution in [0, 0.1) is 23.7 Å². The molecule has 0 aromatic heterocycles. The van der Waals surface area contributed by atoms with Crippen LogP contribution in [0.15, 0.2) is 121 Å². The Morgan fingerprint density at radius 3 is 0.617 bits per heavy atom. The zero-order chi connectivity index (χ0) is 42.1. The molecule has 0 aliphatic carbocycles. The van der Waals surface area contributed by atoms with Crippen LogP contribution in [0.4, 0.5) is 0 Å². The number of hydrogen-bond acceptors (Lipinski definition) is 12. The predicted molar refractivity (Wildman–Crippen MR) is 242 cm³/mol. The molecule has 60 heavy (non-hydrogen) atoms. The highest BCUT2D eigenvalue weighted by Gasteiger charge is 2.85. The summed E-state index contributed by atoms with van der Waals surface area (Å²) >= 11 is 0. The molecule has 0 N–H and O–H groups in total. The molecule has 0 amide bonds. The lowest BCUT2D eigenvalue weighted by molar-refractivity contribution is -0.0197. The average molecular weight is 954 g/mol. The third kappa shape index (κ3) is 7.99. The Hall–Kier alpha value is -1.86. The fourth-order valence-corrected chi connectivity index (χ4v) is 57.6. The third-order valence-corrected chi connectivity index (χ3v) is 47.9. The molecule has 0 saturated carbocycles. The molecular weight excluding hydrogens is 897 g/mol. The van der Waals surface area contributed by atoms with E-state index < -0.39 is 70.4 Å². The van der Waals surface area contributed by atoms with E-state index >= 15 is 0 Å². The lowest BCUT2D eigenvalue weighted by Crippen LogP contribution is -2.93. The Morgan fingerprint density at radius 1 is 0.267 bits per heavy atom. The van der Waals surface area contributed by atoms with Crippen molar-refractivity contribution >= 4 is 91.2 Å². The fourth-order valence-electron chi connectivity index (χ4n) is 8.75. The van der Waals surface area contributed by atoms with E-state index in [1.165, 1.54) is 0 Å². The molecule has 0 radical (unpaired) electrons. The standard InChI is InChI=1S/C40H56O12Si8/c1-33(2)29-53-41-54(30-34(3)4)43-56(32-36(7)8)44-55(42-53,31-35(5)6)47-59(39-25-17-11-18-26-39)50-57(45-53,37-21-13-9-14-22-37)49-58(46-54,38-23-15-10-16-24-38)51-60(48-56,52-59)40-27-19-12-20-28-40/h9-28,33-36H,29-32H2,1-8H3. The van der Waals surface area contributed by atoms with Crippen LogP contribution in [-0.4, -0.2) is 70.4 Å². The first-order valence-corrected chi connectivity index (χ1v) is 35.8. The van der Waals surface area contributed by atoms with E-state index in [-0.39, 0.29) is 23.7 Å². The van der Waals surface area contributed by atoms with E-state index in [2.05, 4.69) is 55.4 Å². The van der Waals surface area contributed by atoms with Gasteiger partial charge in [-0.3, -0.25) is 0 Å². The van der Waals surface area contributed by atoms with E-state index in [0.29, 0.717) is 44.9 Å². The molecule has 0 atom stereocenters. The summed E-state index contributed by atoms with van der Waals surface area (Å²) in [4.78, 5) is 0. The second-order valence-corrected chi connectivity index (χ2v) is 41.7. The summed E-state index contributed by atoms with van der Waals surface area (Å²) in [7, 11) is -34.3. The predicted octanol–water partition coefficient (Wildman–Crippen LogP) is 6.02. The zero-order valence-electron chi connectivity index (χ0n) is 35.6. The van der Waals surface area contributed by atoms with Crippen LogP contribution in [0.3, 0.4) is 0 Å². The maximum absolute atomic E-state index is 7.97. The Bertz CT molecular complexity index is 1800. The molecule has 6 fully saturated rings. The highest BCUT2D eigenvalue weighted by molar-refractivity contribution is 7.10. The first kappa shape index (κ1) is 43.4. The molecule has 8 bridgehead atoms. The first-order valence-electron chi connectivity index (χ1n) is 21.2. The van der Waals surface area contributed by atoms with Gasteiger partial charge in [0.1, 0.15) is 0 Å². The third-order valence-electron chi connectivity index (χ3n) is 10.6. The lowest BCUT2D eigenvalue weighted by Gasteiger charge is -2.63. The smallest absolute Gasteiger partial charge is 0.373 e. The Labute approximate surface area is 363 Å². The Balaban J connectivity index is 1.48. The minimum absolute atomic E-state index is 0.0431. The molecule has 6 aliphatic heterocycles. The van der Waals surface area contributed by atoms with E-state index in [0.717, 1.165) is 0 Å². The van der Waals surface area contributed by atoms with Gasteiger partial charge < -0.3 is 49.4 Å². The molecule has 12 nitrogen and oxygen atoms in total. The van der Waals surface area contributed by atoms with Gasteiger partial charge >= 0.3 is 70.4 Å². The summed E-state index contributed by atoms with van der Waals surface area (Å²) in [5.74, 6) is 0.172. The van der Waals surface area contributed by atoms with E-state index in [4.69, 9.17) is 49.4 Å². The molecule has 0 spiro atoms. The van der Waals surface area contributed by atoms with Gasteiger partial charge in [-0.25, -0.2) is 0 Å². The lowest BCUT2D eigenvalue weighted by atomic mass is 10.3. The van der Waals surface area contributed by atoms with E-state index in [9.17, 15) is 0 Å². The van der Waals surface area contributed by atoms with Crippen molar-refractivity contribution in [2.24, 2.45) is 23.7 Å². The van der Waals surface area contributed by atoms with Gasteiger partial charge in [-0.05, 0) is 23.7 Å². The SMILES string of the molecule is CC(C)C[Si]12O[Si]3(CC(C)C)O[Si]4(CC(C)C)O[Si](CC(C)C)(O1)O[Si]1(c5ccccc5)O[Si](c5ccccc5)(O2)O[Si](c2ccccc2)(O3)O[Si](c2ccccc2)(O4)O1. The quantitative estimate of drug-likeness (QED) is 0.155. The Morgan fingerprint density at radius 2 is 0.450 bits per heavy atom. The molecule has 6 saturated heterocycles. The van der Waals surface area contributed by atoms with Crippen LogP contribution < -0.4 is 20.7 Å². The van der Waals surface area contributed by atoms with Crippen molar-refractivity contribution in [2.75, 3.05) is 0 Å². The molecule has 6 heterocycles. The van der Waals surface area contributed by atoms with Crippen LogP contribution in [0.1, 0.15) is 55.4 Å². The number of benzene rings is 4. The summed E-state index contributed by atoms with van der Waals surface area (Å²) in [6.45, 7) is 17.1. The first-order chi connectivity index (χ1) is 28.6. The van der Waals surface area contributed by atoms with Crippen LogP contribution >= 0.6 is 0 Å². The van der Waals surface area contributed by atoms with Crippen molar-refractivity contribution in [1.82, 2.24) is 0 Å². The van der Waals surface area contributed by atoms with Crippen LogP contribution in [0.25, 0.3) is 0 Å². The molecule has 20 heteroatoms. The minimum atomic E-state index is -4.46. The van der Waals surface area contributed by atoms with E-state index in [1.54, 1.807) is 0 Å². The summed E-state index contributed by atoms with van der Waals surface area (Å²) in [5.41, 5.74) is 0. The second kappa shape index (κ2) is 16.0. The second-order valence-electron chi connectivity index (χ2n) is 18.0. The summed E-state index contributed by atoms with van der Waals surface area (Å²) in [6.07, 6.45) is 0. The summed E-state index contributed by atoms with van der Waals surface area (Å²) < 4.78 is 95.1. The van der Waals surface area contributed by atoms with Gasteiger partial charge in [0.05, 0.1) is 0 Å². The Kier molecular flexibility index (Phi) is 11.6. The van der Waals surface area contributed by atoms with Crippen molar-refractivity contribution in [1.29, 1.82) is 0 Å². The van der Waals surface area contributed by atoms with Crippen LogP contribution in [0.5, 0.6) is 0 Å². The molecular formula is C40H56O12Si8. The average Bonchev–Trinajstić information content (AvgIpc) is 3.15. The minimum Gasteiger partial charge on any atom is -0.373 e. The van der Waals surface area contributed by atoms with Crippen LogP contribution in [0.2, 0.25) is 24.2 Å². The van der Waals surface area contributed by atoms with Crippen molar-refractivity contribution in [3.05, 3.63) is 121 Å². The normalized spacial score (nSPS) is 37.3. The number of rotatable bonds is 12. The molecule has 320 valence electrons. The van der Waals surface area contributed by atoms with Gasteiger partial charge in [-0.1, -0.05) is 177 Å². The van der Waals surface area contributed by atoms with Gasteiger partial charge in [0.25, 0.3) is 0 Å². The van der Waals surface area contributed by atoms with Crippen molar-refractivity contribution < 1.29 is 49.4 Å². The zero-order valence-corrected chi connectivity index (χ0v) is 43.6. The summed E-state index contributed by atoms with van der Waals surface area (Å²) in [6, 6.07) is 40.8. The maximum Gasteiger partial charge on any atom is 0.515 e. The highest BCUT2D eigenvalue weighted by atomic mass is 28.6. The van der Waals surface area contributed by atoms with Gasteiger partial charge in [-0.2, -0.15) is 0 Å². The maximum atomic E-state index is 7.97. The van der Waals surface area contributed by atoms with Gasteiger partial charge in [0.2, 0.25) is 0 Å². The molecule has 4 aromatic carbocycles. The van der Waals surface area contributed by atoms with Crippen molar-refractivity contribution in [3.8, 4) is 0 Å². The summed E-state index contributed by atoms with van der Waals surface area (Å²) in [5, 5.41) is 2.68. The topological polar surface area (TPSA) is 111 Å². The van der Waals surface area contributed by atoms with Gasteiger partial charge in [0.15, 0.2) is 0 Å². The largest absolute Gasteiger partial charge is 0.515 e. The molecule has 10 rings (SSSR count). The highest BCUT2D eigenvalue weighted by Crippen LogP contribution is 2.52. The van der Waals surface area contributed by atoms with Gasteiger partial charge in [-0.15, -0.1) is 0 Å². The van der Waals surface area contributed by atoms with Crippen molar-refractivity contribution in [3.63, 3.8) is 0 Å². The van der Waals surface area contributed by atoms with Crippen molar-refractivity contribution in [2.45, 2.75) is 79.6 Å². The molecule has 6 aliphatic rings. The molecule has 0 unspecified atom stereocenters. The number of hydrogen-bond donors (Lipinski definition) is 0. The van der Waals surface area contributed by atoms with Crippen LogP contribution in [-0.2, 0) is 49.4 Å². The van der Waals surface area contributed by atoms with Gasteiger partial charge in [0, 0.05) is 44.9 Å².